The fourth-order valence-corrected chi connectivity index (χ4v) is 5.59. The lowest BCUT2D eigenvalue weighted by Crippen LogP contribution is -2.64. The number of carbonyl (C=O) groups excluding carboxylic acids is 2. The van der Waals surface area contributed by atoms with Gasteiger partial charge in [-0.2, -0.15) is 0 Å². The first-order valence-electron chi connectivity index (χ1n) is 13.9. The number of aromatic nitrogens is 1. The summed E-state index contributed by atoms with van der Waals surface area (Å²) in [5.41, 5.74) is 0.0359. The Balaban J connectivity index is 1.53. The maximum absolute atomic E-state index is 14.2. The highest BCUT2D eigenvalue weighted by molar-refractivity contribution is 5.99. The molecule has 2 aliphatic rings. The van der Waals surface area contributed by atoms with E-state index in [1.54, 1.807) is 4.57 Å². The van der Waals surface area contributed by atoms with Crippen LogP contribution >= 0.6 is 0 Å². The first kappa shape index (κ1) is 28.5. The Morgan fingerprint density at radius 2 is 1.88 bits per heavy atom. The third-order valence-electron chi connectivity index (χ3n) is 7.61. The van der Waals surface area contributed by atoms with Crippen LogP contribution in [0.4, 0.5) is 8.78 Å². The van der Waals surface area contributed by atoms with Crippen molar-refractivity contribution in [2.45, 2.75) is 59.1 Å². The normalized spacial score (nSPS) is 18.7. The lowest BCUT2D eigenvalue weighted by Gasteiger charge is -2.50. The molecule has 3 aromatic rings. The van der Waals surface area contributed by atoms with Crippen LogP contribution < -0.4 is 15.5 Å². The number of benzene rings is 2. The highest BCUT2D eigenvalue weighted by atomic mass is 19.1. The molecule has 2 amide bonds. The molecule has 41 heavy (non-hydrogen) atoms. The van der Waals surface area contributed by atoms with Gasteiger partial charge in [-0.15, -0.1) is 0 Å². The summed E-state index contributed by atoms with van der Waals surface area (Å²) < 4.78 is 35.1. The molecule has 1 fully saturated rings. The highest BCUT2D eigenvalue weighted by Gasteiger charge is 2.44. The third kappa shape index (κ3) is 5.88. The number of nitrogens with zero attached hydrogens (tertiary/aromatic N) is 3. The van der Waals surface area contributed by atoms with Gasteiger partial charge in [0.05, 0.1) is 6.54 Å². The molecular formula is C31H34F2N4O4. The molecule has 1 aromatic heterocycles. The van der Waals surface area contributed by atoms with Crippen LogP contribution in [0.2, 0.25) is 0 Å². The molecule has 5 rings (SSSR count). The first-order valence-corrected chi connectivity index (χ1v) is 13.9. The minimum atomic E-state index is -0.804. The molecule has 1 N–H and O–H groups in total. The number of fused-ring (bicyclic) bond motifs is 2. The number of carbonyl (C=O) groups is 2. The van der Waals surface area contributed by atoms with Gasteiger partial charge in [0.1, 0.15) is 30.0 Å². The Hall–Kier alpha value is -4.05. The summed E-state index contributed by atoms with van der Waals surface area (Å²) in [5.74, 6) is -2.40. The zero-order valence-corrected chi connectivity index (χ0v) is 23.4. The van der Waals surface area contributed by atoms with Crippen LogP contribution in [-0.4, -0.2) is 51.5 Å². The van der Waals surface area contributed by atoms with E-state index in [-0.39, 0.29) is 53.8 Å². The number of ether oxygens (including phenoxy) is 1. The molecule has 2 aliphatic heterocycles. The molecule has 10 heteroatoms. The van der Waals surface area contributed by atoms with E-state index in [1.165, 1.54) is 12.3 Å². The van der Waals surface area contributed by atoms with Gasteiger partial charge in [0, 0.05) is 43.5 Å². The number of amides is 2. The second-order valence-corrected chi connectivity index (χ2v) is 11.1. The molecule has 0 saturated carbocycles. The van der Waals surface area contributed by atoms with E-state index in [0.717, 1.165) is 37.2 Å². The minimum Gasteiger partial charge on any atom is -0.483 e. The molecule has 2 unspecified atom stereocenters. The average molecular weight is 565 g/mol. The second kappa shape index (κ2) is 11.8. The van der Waals surface area contributed by atoms with Gasteiger partial charge in [-0.25, -0.2) is 8.78 Å². The molecule has 2 aromatic carbocycles. The van der Waals surface area contributed by atoms with Crippen LogP contribution in [0, 0.1) is 17.6 Å². The van der Waals surface area contributed by atoms with Gasteiger partial charge in [0.25, 0.3) is 11.8 Å². The maximum atomic E-state index is 14.2. The van der Waals surface area contributed by atoms with E-state index in [2.05, 4.69) is 24.1 Å². The van der Waals surface area contributed by atoms with Crippen molar-refractivity contribution in [3.8, 4) is 5.75 Å². The van der Waals surface area contributed by atoms with Crippen molar-refractivity contribution in [1.82, 2.24) is 19.7 Å². The van der Waals surface area contributed by atoms with E-state index < -0.39 is 23.0 Å². The molecule has 3 heterocycles. The van der Waals surface area contributed by atoms with Crippen LogP contribution in [0.5, 0.6) is 5.75 Å². The van der Waals surface area contributed by atoms with E-state index >= 15 is 0 Å². The van der Waals surface area contributed by atoms with Crippen LogP contribution in [0.25, 0.3) is 0 Å². The molecule has 0 radical (unpaired) electrons. The third-order valence-corrected chi connectivity index (χ3v) is 7.61. The summed E-state index contributed by atoms with van der Waals surface area (Å²) >= 11 is 0. The molecule has 8 nitrogen and oxygen atoms in total. The summed E-state index contributed by atoms with van der Waals surface area (Å²) in [7, 11) is 0. The summed E-state index contributed by atoms with van der Waals surface area (Å²) in [6.07, 6.45) is 1.96. The van der Waals surface area contributed by atoms with Crippen molar-refractivity contribution in [2.24, 2.45) is 5.92 Å². The van der Waals surface area contributed by atoms with E-state index in [9.17, 15) is 23.2 Å². The summed E-state index contributed by atoms with van der Waals surface area (Å²) in [6.45, 7) is 8.02. The molecule has 0 spiro atoms. The monoisotopic (exact) mass is 564 g/mol. The summed E-state index contributed by atoms with van der Waals surface area (Å²) in [4.78, 5) is 45.1. The Morgan fingerprint density at radius 1 is 1.12 bits per heavy atom. The van der Waals surface area contributed by atoms with Crippen LogP contribution in [0.15, 0.2) is 59.5 Å². The zero-order valence-electron chi connectivity index (χ0n) is 23.4. The Labute approximate surface area is 237 Å². The average Bonchev–Trinajstić information content (AvgIpc) is 2.93. The molecule has 0 bridgehead atoms. The fourth-order valence-electron chi connectivity index (χ4n) is 5.59. The molecular weight excluding hydrogens is 530 g/mol. The van der Waals surface area contributed by atoms with E-state index in [0.29, 0.717) is 12.5 Å². The van der Waals surface area contributed by atoms with Gasteiger partial charge in [0.15, 0.2) is 11.4 Å². The first-order chi connectivity index (χ1) is 19.6. The lowest BCUT2D eigenvalue weighted by molar-refractivity contribution is -0.0367. The van der Waals surface area contributed by atoms with Gasteiger partial charge >= 0.3 is 0 Å². The van der Waals surface area contributed by atoms with Crippen molar-refractivity contribution in [3.63, 3.8) is 0 Å². The van der Waals surface area contributed by atoms with Gasteiger partial charge in [-0.3, -0.25) is 19.3 Å². The second-order valence-electron chi connectivity index (χ2n) is 11.1. The maximum Gasteiger partial charge on any atom is 0.276 e. The van der Waals surface area contributed by atoms with Crippen molar-refractivity contribution in [2.75, 3.05) is 13.1 Å². The van der Waals surface area contributed by atoms with Gasteiger partial charge in [-0.05, 0) is 30.9 Å². The molecule has 216 valence electrons. The lowest BCUT2D eigenvalue weighted by atomic mass is 10.0. The zero-order chi connectivity index (χ0) is 29.3. The van der Waals surface area contributed by atoms with Crippen LogP contribution in [0.1, 0.15) is 59.2 Å². The van der Waals surface area contributed by atoms with Crippen molar-refractivity contribution >= 4 is 11.8 Å². The highest BCUT2D eigenvalue weighted by Crippen LogP contribution is 2.32. The Morgan fingerprint density at radius 3 is 2.59 bits per heavy atom. The van der Waals surface area contributed by atoms with Gasteiger partial charge in [0.2, 0.25) is 5.43 Å². The number of rotatable bonds is 8. The minimum absolute atomic E-state index is 0.0285. The quantitative estimate of drug-likeness (QED) is 0.444. The van der Waals surface area contributed by atoms with Crippen molar-refractivity contribution in [1.29, 1.82) is 0 Å². The molecule has 0 aliphatic carbocycles. The number of halogens is 2. The standard InChI is InChI=1S/C31H34F2N4O4/c1-19(2)15-35-12-11-20(3)37-26(35)17-36-16-24(30(39)34-14-22-9-10-23(32)13-25(22)33)28(38)29(27(36)31(37)40)41-18-21-7-5-4-6-8-21/h4-10,13,16,19-20,26H,11-12,14-15,17-18H2,1-3H3,(H,34,39). The summed E-state index contributed by atoms with van der Waals surface area (Å²) in [6, 6.07) is 12.3. The van der Waals surface area contributed by atoms with E-state index in [1.807, 2.05) is 42.2 Å². The van der Waals surface area contributed by atoms with Crippen molar-refractivity contribution in [3.05, 3.63) is 99.0 Å². The number of hydrogen-bond acceptors (Lipinski definition) is 5. The smallest absolute Gasteiger partial charge is 0.276 e. The van der Waals surface area contributed by atoms with E-state index in [4.69, 9.17) is 4.74 Å². The SMILES string of the molecule is CC(C)CN1CCC(C)N2C(=O)c3c(OCc4ccccc4)c(=O)c(C(=O)NCc4ccc(F)cc4F)cn3CC12. The predicted octanol–water partition coefficient (Wildman–Crippen LogP) is 4.17. The van der Waals surface area contributed by atoms with Gasteiger partial charge in [-0.1, -0.05) is 50.2 Å². The summed E-state index contributed by atoms with van der Waals surface area (Å²) in [5, 5.41) is 2.56. The number of pyridine rings is 1. The Kier molecular flexibility index (Phi) is 8.21. The topological polar surface area (TPSA) is 83.9 Å². The number of hydrogen-bond donors (Lipinski definition) is 1. The molecule has 2 atom stereocenters. The van der Waals surface area contributed by atoms with Crippen LogP contribution in [0.3, 0.4) is 0 Å². The fraction of sp³-hybridized carbons (Fsp3) is 0.387. The largest absolute Gasteiger partial charge is 0.483 e. The van der Waals surface area contributed by atoms with Crippen LogP contribution in [-0.2, 0) is 19.7 Å². The van der Waals surface area contributed by atoms with Gasteiger partial charge < -0.3 is 19.5 Å². The van der Waals surface area contributed by atoms with Crippen molar-refractivity contribution < 1.29 is 23.1 Å². The Bertz CT molecular complexity index is 1510. The predicted molar refractivity (Wildman–Crippen MR) is 149 cm³/mol. The number of nitrogens with one attached hydrogen (secondary N) is 1. The molecule has 1 saturated heterocycles.